The van der Waals surface area contributed by atoms with Crippen molar-refractivity contribution < 1.29 is 9.53 Å². The van der Waals surface area contributed by atoms with Crippen LogP contribution in [0.5, 0.6) is 5.75 Å². The van der Waals surface area contributed by atoms with E-state index in [2.05, 4.69) is 11.9 Å². The topological polar surface area (TPSA) is 41.6 Å². The molecule has 0 atom stereocenters. The largest absolute Gasteiger partial charge is 0.492 e. The number of nitrogens with zero attached hydrogens (tertiary/aromatic N) is 1. The van der Waals surface area contributed by atoms with Crippen LogP contribution in [-0.2, 0) is 4.79 Å². The third-order valence-electron chi connectivity index (χ3n) is 3.76. The Morgan fingerprint density at radius 3 is 2.73 bits per heavy atom. The lowest BCUT2D eigenvalue weighted by Crippen LogP contribution is -2.33. The molecule has 0 aliphatic carbocycles. The number of aryl methyl sites for hydroxylation is 1. The number of nitrogens with one attached hydrogen (secondary N) is 1. The molecule has 2 aromatic rings. The van der Waals surface area contributed by atoms with Crippen molar-refractivity contribution in [2.45, 2.75) is 11.8 Å². The molecule has 0 bridgehead atoms. The van der Waals surface area contributed by atoms with Crippen molar-refractivity contribution in [1.82, 2.24) is 4.90 Å². The van der Waals surface area contributed by atoms with Gasteiger partial charge in [-0.2, -0.15) is 0 Å². The summed E-state index contributed by atoms with van der Waals surface area (Å²) in [5, 5.41) is 2.99. The van der Waals surface area contributed by atoms with Crippen LogP contribution in [-0.4, -0.2) is 43.3 Å². The maximum absolute atomic E-state index is 12.3. The molecule has 0 saturated carbocycles. The van der Waals surface area contributed by atoms with Gasteiger partial charge in [0.2, 0.25) is 5.91 Å². The molecule has 2 rings (SSSR count). The number of para-hydroxylation sites is 2. The van der Waals surface area contributed by atoms with Crippen molar-refractivity contribution in [3.05, 3.63) is 66.7 Å². The van der Waals surface area contributed by atoms with Crippen molar-refractivity contribution in [2.24, 2.45) is 0 Å². The molecule has 0 fully saturated rings. The number of hydrogen-bond acceptors (Lipinski definition) is 4. The Bertz CT molecular complexity index is 733. The fourth-order valence-electron chi connectivity index (χ4n) is 2.39. The van der Waals surface area contributed by atoms with E-state index in [0.29, 0.717) is 19.7 Å². The highest BCUT2D eigenvalue weighted by atomic mass is 32.2. The number of carbonyl (C=O) groups excluding carboxylic acids is 1. The lowest BCUT2D eigenvalue weighted by Gasteiger charge is -2.18. The SMILES string of the molecule is C=CCSc1ccccc1NC(=O)CN(C)CCOc1ccccc1C. The first-order valence-electron chi connectivity index (χ1n) is 8.59. The number of likely N-dealkylation sites (N-methyl/N-ethyl adjacent to an activating group) is 1. The predicted octanol–water partition coefficient (Wildman–Crippen LogP) is 4.22. The van der Waals surface area contributed by atoms with E-state index in [9.17, 15) is 4.79 Å². The third-order valence-corrected chi connectivity index (χ3v) is 4.82. The number of carbonyl (C=O) groups is 1. The lowest BCUT2D eigenvalue weighted by atomic mass is 10.2. The molecule has 0 aromatic heterocycles. The molecule has 0 heterocycles. The molecule has 26 heavy (non-hydrogen) atoms. The molecule has 1 N–H and O–H groups in total. The van der Waals surface area contributed by atoms with Crippen LogP contribution in [0.4, 0.5) is 5.69 Å². The van der Waals surface area contributed by atoms with Crippen LogP contribution in [0.15, 0.2) is 66.1 Å². The minimum atomic E-state index is -0.0324. The van der Waals surface area contributed by atoms with E-state index >= 15 is 0 Å². The van der Waals surface area contributed by atoms with E-state index in [-0.39, 0.29) is 5.91 Å². The summed E-state index contributed by atoms with van der Waals surface area (Å²) in [6, 6.07) is 15.7. The van der Waals surface area contributed by atoms with Gasteiger partial charge in [0.25, 0.3) is 0 Å². The van der Waals surface area contributed by atoms with Gasteiger partial charge in [-0.05, 0) is 37.7 Å². The predicted molar refractivity (Wildman–Crippen MR) is 110 cm³/mol. The first-order chi connectivity index (χ1) is 12.6. The van der Waals surface area contributed by atoms with Crippen LogP contribution in [0.3, 0.4) is 0 Å². The Hall–Kier alpha value is -2.24. The number of thioether (sulfide) groups is 1. The Morgan fingerprint density at radius 1 is 1.23 bits per heavy atom. The molecule has 2 aromatic carbocycles. The van der Waals surface area contributed by atoms with E-state index in [1.165, 1.54) is 0 Å². The highest BCUT2D eigenvalue weighted by Gasteiger charge is 2.10. The smallest absolute Gasteiger partial charge is 0.238 e. The van der Waals surface area contributed by atoms with Gasteiger partial charge >= 0.3 is 0 Å². The minimum Gasteiger partial charge on any atom is -0.492 e. The molecule has 0 aliphatic rings. The highest BCUT2D eigenvalue weighted by Crippen LogP contribution is 2.26. The van der Waals surface area contributed by atoms with E-state index in [1.54, 1.807) is 11.8 Å². The fraction of sp³-hybridized carbons (Fsp3) is 0.286. The second-order valence-electron chi connectivity index (χ2n) is 6.00. The molecule has 0 unspecified atom stereocenters. The van der Waals surface area contributed by atoms with Crippen LogP contribution in [0, 0.1) is 6.92 Å². The summed E-state index contributed by atoms with van der Waals surface area (Å²) < 4.78 is 5.78. The first-order valence-corrected chi connectivity index (χ1v) is 9.58. The summed E-state index contributed by atoms with van der Waals surface area (Å²) in [7, 11) is 1.92. The summed E-state index contributed by atoms with van der Waals surface area (Å²) in [6.45, 7) is 7.29. The van der Waals surface area contributed by atoms with Gasteiger partial charge in [0.15, 0.2) is 0 Å². The van der Waals surface area contributed by atoms with Gasteiger partial charge in [-0.25, -0.2) is 0 Å². The number of hydrogen-bond donors (Lipinski definition) is 1. The summed E-state index contributed by atoms with van der Waals surface area (Å²) in [5.74, 6) is 1.66. The number of benzene rings is 2. The molecule has 0 aliphatic heterocycles. The molecule has 4 nitrogen and oxygen atoms in total. The molecular weight excluding hydrogens is 344 g/mol. The normalized spacial score (nSPS) is 10.6. The maximum Gasteiger partial charge on any atom is 0.238 e. The van der Waals surface area contributed by atoms with E-state index in [1.807, 2.05) is 73.5 Å². The van der Waals surface area contributed by atoms with Gasteiger partial charge < -0.3 is 10.1 Å². The molecule has 0 saturated heterocycles. The second-order valence-corrected chi connectivity index (χ2v) is 7.06. The monoisotopic (exact) mass is 370 g/mol. The Labute approximate surface area is 160 Å². The van der Waals surface area contributed by atoms with Crippen LogP contribution < -0.4 is 10.1 Å². The zero-order chi connectivity index (χ0) is 18.8. The van der Waals surface area contributed by atoms with Crippen molar-refractivity contribution in [2.75, 3.05) is 37.8 Å². The van der Waals surface area contributed by atoms with Crippen LogP contribution in [0.2, 0.25) is 0 Å². The maximum atomic E-state index is 12.3. The van der Waals surface area contributed by atoms with Crippen LogP contribution in [0.25, 0.3) is 0 Å². The lowest BCUT2D eigenvalue weighted by molar-refractivity contribution is -0.117. The Morgan fingerprint density at radius 2 is 1.96 bits per heavy atom. The summed E-state index contributed by atoms with van der Waals surface area (Å²) in [5.41, 5.74) is 1.95. The average Bonchev–Trinajstić information content (AvgIpc) is 2.62. The zero-order valence-electron chi connectivity index (χ0n) is 15.4. The quantitative estimate of drug-likeness (QED) is 0.502. The Balaban J connectivity index is 1.78. The fourth-order valence-corrected chi connectivity index (χ4v) is 3.14. The second kappa shape index (κ2) is 10.7. The highest BCUT2D eigenvalue weighted by molar-refractivity contribution is 7.99. The number of rotatable bonds is 10. The van der Waals surface area contributed by atoms with E-state index in [0.717, 1.165) is 27.6 Å². The van der Waals surface area contributed by atoms with Gasteiger partial charge in [0, 0.05) is 17.2 Å². The van der Waals surface area contributed by atoms with Gasteiger partial charge in [0.05, 0.1) is 12.2 Å². The first kappa shape index (κ1) is 20.1. The van der Waals surface area contributed by atoms with Crippen LogP contribution >= 0.6 is 11.8 Å². The number of amides is 1. The average molecular weight is 371 g/mol. The van der Waals surface area contributed by atoms with Crippen molar-refractivity contribution in [1.29, 1.82) is 0 Å². The molecule has 5 heteroatoms. The number of anilines is 1. The Kier molecular flexibility index (Phi) is 8.25. The minimum absolute atomic E-state index is 0.0324. The molecule has 0 spiro atoms. The van der Waals surface area contributed by atoms with Crippen molar-refractivity contribution in [3.8, 4) is 5.75 Å². The number of ether oxygens (including phenoxy) is 1. The molecule has 0 radical (unpaired) electrons. The van der Waals surface area contributed by atoms with Crippen LogP contribution in [0.1, 0.15) is 5.56 Å². The zero-order valence-corrected chi connectivity index (χ0v) is 16.2. The van der Waals surface area contributed by atoms with Crippen molar-refractivity contribution >= 4 is 23.4 Å². The third kappa shape index (κ3) is 6.58. The summed E-state index contributed by atoms with van der Waals surface area (Å²) >= 11 is 1.65. The van der Waals surface area contributed by atoms with Gasteiger partial charge in [-0.3, -0.25) is 9.69 Å². The summed E-state index contributed by atoms with van der Waals surface area (Å²) in [4.78, 5) is 15.3. The molecule has 1 amide bonds. The van der Waals surface area contributed by atoms with Gasteiger partial charge in [0.1, 0.15) is 12.4 Å². The standard InChI is InChI=1S/C21H26N2O2S/c1-4-15-26-20-12-8-6-10-18(20)22-21(24)16-23(3)13-14-25-19-11-7-5-9-17(19)2/h4-12H,1,13-16H2,2-3H3,(H,22,24). The molecule has 138 valence electrons. The van der Waals surface area contributed by atoms with Crippen molar-refractivity contribution in [3.63, 3.8) is 0 Å². The van der Waals surface area contributed by atoms with E-state index < -0.39 is 0 Å². The van der Waals surface area contributed by atoms with Gasteiger partial charge in [-0.15, -0.1) is 18.3 Å². The summed E-state index contributed by atoms with van der Waals surface area (Å²) in [6.07, 6.45) is 1.85. The van der Waals surface area contributed by atoms with Gasteiger partial charge in [-0.1, -0.05) is 36.4 Å². The van der Waals surface area contributed by atoms with E-state index in [4.69, 9.17) is 4.74 Å². The molecular formula is C21H26N2O2S.